The lowest BCUT2D eigenvalue weighted by Gasteiger charge is -2.08. The van der Waals surface area contributed by atoms with Crippen LogP contribution in [0.3, 0.4) is 0 Å². The number of nitrogens with one attached hydrogen (secondary N) is 2. The summed E-state index contributed by atoms with van der Waals surface area (Å²) < 4.78 is 2.04. The van der Waals surface area contributed by atoms with Crippen molar-refractivity contribution in [2.24, 2.45) is 0 Å². The lowest BCUT2D eigenvalue weighted by atomic mass is 10.3. The number of carbonyl (C=O) groups excluding carboxylic acids is 1. The molecular weight excluding hydrogens is 313 g/mol. The molecule has 2 N–H and O–H groups in total. The zero-order valence-corrected chi connectivity index (χ0v) is 12.6. The summed E-state index contributed by atoms with van der Waals surface area (Å²) in [6.07, 6.45) is 2.02. The first-order valence-corrected chi connectivity index (χ1v) is 7.30. The Morgan fingerprint density at radius 1 is 1.29 bits per heavy atom. The van der Waals surface area contributed by atoms with Gasteiger partial charge in [-0.1, -0.05) is 23.2 Å². The van der Waals surface area contributed by atoms with Gasteiger partial charge in [-0.25, -0.2) is 4.79 Å². The van der Waals surface area contributed by atoms with Crippen molar-refractivity contribution in [1.82, 2.24) is 20.1 Å². The van der Waals surface area contributed by atoms with Crippen molar-refractivity contribution in [3.63, 3.8) is 0 Å². The number of fused-ring (bicyclic) bond motifs is 1. The minimum absolute atomic E-state index is 0.330. The molecule has 1 aromatic heterocycles. The second kappa shape index (κ2) is 5.91. The number of aromatic nitrogens is 3. The number of hydrogen-bond acceptors (Lipinski definition) is 3. The first kappa shape index (κ1) is 14.2. The number of hydrogen-bond donors (Lipinski definition) is 2. The smallest absolute Gasteiger partial charge is 0.319 e. The molecule has 0 unspecified atom stereocenters. The van der Waals surface area contributed by atoms with Crippen LogP contribution < -0.4 is 10.6 Å². The Balaban J connectivity index is 1.58. The van der Waals surface area contributed by atoms with E-state index in [2.05, 4.69) is 20.8 Å². The predicted molar refractivity (Wildman–Crippen MR) is 80.7 cm³/mol. The zero-order valence-electron chi connectivity index (χ0n) is 11.1. The van der Waals surface area contributed by atoms with Gasteiger partial charge < -0.3 is 15.2 Å². The second-order valence-electron chi connectivity index (χ2n) is 4.72. The largest absolute Gasteiger partial charge is 0.331 e. The van der Waals surface area contributed by atoms with Crippen molar-refractivity contribution < 1.29 is 4.79 Å². The van der Waals surface area contributed by atoms with E-state index in [1.165, 1.54) is 0 Å². The SMILES string of the molecule is O=C(NCc1nnc2n1CCC2)Nc1ccc(Cl)c(Cl)c1. The van der Waals surface area contributed by atoms with Crippen LogP contribution in [0.5, 0.6) is 0 Å². The molecule has 2 heterocycles. The van der Waals surface area contributed by atoms with Crippen LogP contribution in [-0.2, 0) is 19.5 Å². The number of amides is 2. The van der Waals surface area contributed by atoms with Gasteiger partial charge in [0, 0.05) is 18.7 Å². The maximum Gasteiger partial charge on any atom is 0.319 e. The highest BCUT2D eigenvalue weighted by Gasteiger charge is 2.17. The first-order valence-electron chi connectivity index (χ1n) is 6.54. The number of benzene rings is 1. The fourth-order valence-corrected chi connectivity index (χ4v) is 2.55. The third kappa shape index (κ3) is 3.11. The molecule has 1 aliphatic heterocycles. The molecule has 0 saturated carbocycles. The molecule has 2 aromatic rings. The molecule has 0 spiro atoms. The number of aryl methyl sites for hydroxylation is 1. The van der Waals surface area contributed by atoms with Gasteiger partial charge in [0.25, 0.3) is 0 Å². The molecule has 21 heavy (non-hydrogen) atoms. The van der Waals surface area contributed by atoms with E-state index in [1.807, 2.05) is 4.57 Å². The van der Waals surface area contributed by atoms with Crippen LogP contribution in [0.1, 0.15) is 18.1 Å². The summed E-state index contributed by atoms with van der Waals surface area (Å²) in [5.74, 6) is 1.75. The van der Waals surface area contributed by atoms with Gasteiger partial charge in [-0.05, 0) is 24.6 Å². The van der Waals surface area contributed by atoms with Crippen LogP contribution in [0.15, 0.2) is 18.2 Å². The van der Waals surface area contributed by atoms with Crippen molar-refractivity contribution >= 4 is 34.9 Å². The minimum Gasteiger partial charge on any atom is -0.331 e. The lowest BCUT2D eigenvalue weighted by molar-refractivity contribution is 0.251. The second-order valence-corrected chi connectivity index (χ2v) is 5.54. The van der Waals surface area contributed by atoms with Crippen molar-refractivity contribution in [1.29, 1.82) is 0 Å². The quantitative estimate of drug-likeness (QED) is 0.911. The number of halogens is 2. The van der Waals surface area contributed by atoms with Crippen molar-refractivity contribution in [2.45, 2.75) is 25.9 Å². The lowest BCUT2D eigenvalue weighted by Crippen LogP contribution is -2.29. The maximum absolute atomic E-state index is 11.8. The molecule has 110 valence electrons. The standard InChI is InChI=1S/C13H13Cl2N5O/c14-9-4-3-8(6-10(9)15)17-13(21)16-7-12-19-18-11-2-1-5-20(11)12/h3-4,6H,1-2,5,7H2,(H2,16,17,21). The Morgan fingerprint density at radius 3 is 2.95 bits per heavy atom. The molecule has 0 fully saturated rings. The van der Waals surface area contributed by atoms with Gasteiger partial charge in [-0.2, -0.15) is 0 Å². The highest BCUT2D eigenvalue weighted by molar-refractivity contribution is 6.42. The van der Waals surface area contributed by atoms with Gasteiger partial charge in [-0.15, -0.1) is 10.2 Å². The van der Waals surface area contributed by atoms with E-state index in [0.29, 0.717) is 22.3 Å². The van der Waals surface area contributed by atoms with Crippen LogP contribution >= 0.6 is 23.2 Å². The molecule has 3 rings (SSSR count). The average molecular weight is 326 g/mol. The van der Waals surface area contributed by atoms with Gasteiger partial charge in [0.2, 0.25) is 0 Å². The first-order chi connectivity index (χ1) is 10.1. The summed E-state index contributed by atoms with van der Waals surface area (Å²) >= 11 is 11.7. The number of carbonyl (C=O) groups is 1. The highest BCUT2D eigenvalue weighted by Crippen LogP contribution is 2.24. The monoisotopic (exact) mass is 325 g/mol. The molecular formula is C13H13Cl2N5O. The normalized spacial score (nSPS) is 13.0. The molecule has 0 atom stereocenters. The van der Waals surface area contributed by atoms with E-state index in [1.54, 1.807) is 18.2 Å². The van der Waals surface area contributed by atoms with E-state index in [9.17, 15) is 4.79 Å². The van der Waals surface area contributed by atoms with Crippen LogP contribution in [0, 0.1) is 0 Å². The molecule has 0 aliphatic carbocycles. The fourth-order valence-electron chi connectivity index (χ4n) is 2.25. The predicted octanol–water partition coefficient (Wildman–Crippen LogP) is 2.85. The number of anilines is 1. The number of nitrogens with zero attached hydrogens (tertiary/aromatic N) is 3. The Hall–Kier alpha value is -1.79. The summed E-state index contributed by atoms with van der Waals surface area (Å²) in [6, 6.07) is 4.58. The maximum atomic E-state index is 11.8. The van der Waals surface area contributed by atoms with Gasteiger partial charge in [0.1, 0.15) is 5.82 Å². The Bertz CT molecular complexity index is 685. The van der Waals surface area contributed by atoms with Crippen molar-refractivity contribution in [2.75, 3.05) is 5.32 Å². The summed E-state index contributed by atoms with van der Waals surface area (Å²) in [5.41, 5.74) is 0.577. The average Bonchev–Trinajstić information content (AvgIpc) is 3.04. The van der Waals surface area contributed by atoms with E-state index < -0.39 is 0 Å². The van der Waals surface area contributed by atoms with E-state index in [-0.39, 0.29) is 6.03 Å². The van der Waals surface area contributed by atoms with Crippen LogP contribution in [0.2, 0.25) is 10.0 Å². The van der Waals surface area contributed by atoms with Crippen LogP contribution in [0.25, 0.3) is 0 Å². The highest BCUT2D eigenvalue weighted by atomic mass is 35.5. The van der Waals surface area contributed by atoms with E-state index >= 15 is 0 Å². The molecule has 1 aromatic carbocycles. The fraction of sp³-hybridized carbons (Fsp3) is 0.308. The molecule has 6 nitrogen and oxygen atoms in total. The third-order valence-corrected chi connectivity index (χ3v) is 4.01. The van der Waals surface area contributed by atoms with Crippen LogP contribution in [-0.4, -0.2) is 20.8 Å². The minimum atomic E-state index is -0.330. The van der Waals surface area contributed by atoms with E-state index in [4.69, 9.17) is 23.2 Å². The third-order valence-electron chi connectivity index (χ3n) is 3.27. The summed E-state index contributed by atoms with van der Waals surface area (Å²) in [4.78, 5) is 11.8. The van der Waals surface area contributed by atoms with Crippen LogP contribution in [0.4, 0.5) is 10.5 Å². The molecule has 1 aliphatic rings. The molecule has 0 radical (unpaired) electrons. The van der Waals surface area contributed by atoms with Gasteiger partial charge in [-0.3, -0.25) is 0 Å². The van der Waals surface area contributed by atoms with Gasteiger partial charge in [0.05, 0.1) is 16.6 Å². The number of urea groups is 1. The number of rotatable bonds is 3. The molecule has 0 saturated heterocycles. The Kier molecular flexibility index (Phi) is 3.98. The Morgan fingerprint density at radius 2 is 2.14 bits per heavy atom. The molecule has 2 amide bonds. The Labute approximate surface area is 131 Å². The van der Waals surface area contributed by atoms with Gasteiger partial charge in [0.15, 0.2) is 5.82 Å². The van der Waals surface area contributed by atoms with Gasteiger partial charge >= 0.3 is 6.03 Å². The topological polar surface area (TPSA) is 71.8 Å². The zero-order chi connectivity index (χ0) is 14.8. The molecule has 0 bridgehead atoms. The molecule has 8 heteroatoms. The van der Waals surface area contributed by atoms with Crippen molar-refractivity contribution in [3.8, 4) is 0 Å². The summed E-state index contributed by atoms with van der Waals surface area (Å²) in [7, 11) is 0. The summed E-state index contributed by atoms with van der Waals surface area (Å²) in [6.45, 7) is 1.24. The summed E-state index contributed by atoms with van der Waals surface area (Å²) in [5, 5.41) is 14.4. The van der Waals surface area contributed by atoms with Crippen molar-refractivity contribution in [3.05, 3.63) is 39.9 Å². The van der Waals surface area contributed by atoms with E-state index in [0.717, 1.165) is 31.0 Å².